The summed E-state index contributed by atoms with van der Waals surface area (Å²) in [7, 11) is 4.56. The Morgan fingerprint density at radius 1 is 0.782 bits per heavy atom. The van der Waals surface area contributed by atoms with Crippen molar-refractivity contribution < 1.29 is 73.2 Å². The number of rotatable bonds is 8. The van der Waals surface area contributed by atoms with Gasteiger partial charge in [0.25, 0.3) is 17.1 Å². The number of carbonyl (C=O) groups excluding carboxylic acids is 5. The topological polar surface area (TPSA) is 215 Å². The molecule has 1 atom stereocenters. The molecule has 0 saturated carbocycles. The third-order valence-electron chi connectivity index (χ3n) is 7.60. The van der Waals surface area contributed by atoms with Crippen LogP contribution in [0.4, 0.5) is 10.5 Å². The number of imide groups is 1. The second kappa shape index (κ2) is 22.9. The normalized spacial score (nSPS) is 11.8. The van der Waals surface area contributed by atoms with Gasteiger partial charge in [0.1, 0.15) is 11.5 Å². The summed E-state index contributed by atoms with van der Waals surface area (Å²) < 4.78 is 17.1. The van der Waals surface area contributed by atoms with E-state index in [4.69, 9.17) is 19.0 Å². The number of aryl methyl sites for hydroxylation is 1. The summed E-state index contributed by atoms with van der Waals surface area (Å²) in [4.78, 5) is 72.0. The minimum atomic E-state index is -0.642. The Morgan fingerprint density at radius 3 is 1.71 bits per heavy atom. The number of thiol groups is 1. The first-order valence-electron chi connectivity index (χ1n) is 16.2. The van der Waals surface area contributed by atoms with Crippen LogP contribution in [0.3, 0.4) is 0 Å². The van der Waals surface area contributed by atoms with E-state index in [1.165, 1.54) is 54.2 Å². The molecule has 0 saturated heterocycles. The fraction of sp³-hybridized carbons (Fsp3) is 0.231. The van der Waals surface area contributed by atoms with E-state index in [1.807, 2.05) is 6.07 Å². The van der Waals surface area contributed by atoms with Gasteiger partial charge in [-0.2, -0.15) is 5.01 Å². The molecule has 5 rings (SSSR count). The summed E-state index contributed by atoms with van der Waals surface area (Å²) >= 11 is 3.10. The number of fused-ring (bicyclic) bond motifs is 3. The third-order valence-corrected chi connectivity index (χ3v) is 7.60. The van der Waals surface area contributed by atoms with Crippen LogP contribution in [0, 0.1) is 0 Å². The summed E-state index contributed by atoms with van der Waals surface area (Å²) in [5.74, 6) is -0.111. The van der Waals surface area contributed by atoms with Crippen molar-refractivity contribution in [3.63, 3.8) is 0 Å². The maximum Gasteiger partial charge on any atom is 1.00 e. The molecule has 0 unspecified atom stereocenters. The zero-order valence-corrected chi connectivity index (χ0v) is 34.6. The molecular weight excluding hydrogens is 740 g/mol. The monoisotopic (exact) mass is 783 g/mol. The minimum absolute atomic E-state index is 0. The molecule has 14 nitrogen and oxygen atoms in total. The van der Waals surface area contributed by atoms with E-state index in [2.05, 4.69) is 29.1 Å². The van der Waals surface area contributed by atoms with Crippen molar-refractivity contribution in [1.82, 2.24) is 10.3 Å². The smallest absolute Gasteiger partial charge is 0.493 e. The van der Waals surface area contributed by atoms with Gasteiger partial charge in [-0.1, -0.05) is 55.1 Å². The van der Waals surface area contributed by atoms with E-state index in [0.29, 0.717) is 46.8 Å². The summed E-state index contributed by atoms with van der Waals surface area (Å²) in [6, 6.07) is 22.6. The fourth-order valence-electron chi connectivity index (χ4n) is 5.53. The number of ketones is 1. The first-order valence-corrected chi connectivity index (χ1v) is 16.7. The van der Waals surface area contributed by atoms with Crippen LogP contribution in [0.1, 0.15) is 65.1 Å². The van der Waals surface area contributed by atoms with Crippen LogP contribution in [0.15, 0.2) is 89.7 Å². The first-order chi connectivity index (χ1) is 25.2. The molecule has 6 N–H and O–H groups in total. The number of Topliss-reactive ketones (excluding diaryl/α,β-unsaturated/α-hetero) is 1. The SMILES string of the molecule is CC(C)=O.COc1cc2c(c(OC)c1OC)-c1ccc(NN(C(=O)c3ccccc3)C(=O)c3ccccc3)c(=O)cc1[C@@H](NC(C)=O)CC2.NC(=O)S.O.[Na+]. The van der Waals surface area contributed by atoms with Crippen LogP contribution in [-0.4, -0.2) is 60.6 Å². The van der Waals surface area contributed by atoms with Crippen molar-refractivity contribution in [2.45, 2.75) is 39.7 Å². The van der Waals surface area contributed by atoms with Crippen LogP contribution < -0.4 is 65.7 Å². The molecule has 0 aliphatic heterocycles. The van der Waals surface area contributed by atoms with Gasteiger partial charge in [0, 0.05) is 23.6 Å². The number of amides is 4. The van der Waals surface area contributed by atoms with E-state index < -0.39 is 28.5 Å². The van der Waals surface area contributed by atoms with Gasteiger partial charge in [-0.3, -0.25) is 29.4 Å². The molecule has 0 spiro atoms. The van der Waals surface area contributed by atoms with Crippen molar-refractivity contribution in [3.05, 3.63) is 117 Å². The average molecular weight is 784 g/mol. The minimum Gasteiger partial charge on any atom is -0.493 e. The van der Waals surface area contributed by atoms with Crippen molar-refractivity contribution in [3.8, 4) is 28.4 Å². The van der Waals surface area contributed by atoms with Gasteiger partial charge in [-0.15, -0.1) is 0 Å². The Balaban J connectivity index is 0.00000138. The summed E-state index contributed by atoms with van der Waals surface area (Å²) in [5, 5.41) is 3.16. The number of hydrogen-bond donors (Lipinski definition) is 4. The van der Waals surface area contributed by atoms with E-state index in [9.17, 15) is 24.0 Å². The molecule has 0 bridgehead atoms. The van der Waals surface area contributed by atoms with Crippen LogP contribution in [0.25, 0.3) is 11.1 Å². The predicted molar refractivity (Wildman–Crippen MR) is 208 cm³/mol. The molecule has 4 aromatic carbocycles. The largest absolute Gasteiger partial charge is 1.00 e. The van der Waals surface area contributed by atoms with Crippen molar-refractivity contribution in [2.24, 2.45) is 5.73 Å². The number of ether oxygens (including phenoxy) is 3. The molecule has 16 heteroatoms. The quantitative estimate of drug-likeness (QED) is 0.0882. The maximum atomic E-state index is 13.9. The van der Waals surface area contributed by atoms with E-state index in [0.717, 1.165) is 10.6 Å². The molecule has 0 fully saturated rings. The molecule has 55 heavy (non-hydrogen) atoms. The van der Waals surface area contributed by atoms with Gasteiger partial charge < -0.3 is 35.5 Å². The average Bonchev–Trinajstić information content (AvgIpc) is 3.37. The molecule has 4 aromatic rings. The van der Waals surface area contributed by atoms with E-state index in [-0.39, 0.29) is 63.5 Å². The number of nitrogens with two attached hydrogens (primary N) is 1. The van der Waals surface area contributed by atoms with Crippen LogP contribution in [0.2, 0.25) is 0 Å². The predicted octanol–water partition coefficient (Wildman–Crippen LogP) is 1.94. The second-order valence-corrected chi connectivity index (χ2v) is 12.1. The third kappa shape index (κ3) is 13.0. The Labute approximate surface area is 346 Å². The molecule has 286 valence electrons. The summed E-state index contributed by atoms with van der Waals surface area (Å²) in [6.45, 7) is 4.47. The van der Waals surface area contributed by atoms with Gasteiger partial charge in [0.15, 0.2) is 11.5 Å². The van der Waals surface area contributed by atoms with Crippen molar-refractivity contribution >= 4 is 47.1 Å². The summed E-state index contributed by atoms with van der Waals surface area (Å²) in [5.41, 5.74) is 9.83. The second-order valence-electron chi connectivity index (χ2n) is 11.6. The molecule has 0 heterocycles. The van der Waals surface area contributed by atoms with Gasteiger partial charge in [0.05, 0.1) is 27.4 Å². The molecule has 0 radical (unpaired) electrons. The van der Waals surface area contributed by atoms with Gasteiger partial charge in [0.2, 0.25) is 17.1 Å². The Hall–Kier alpha value is -5.19. The Kier molecular flexibility index (Phi) is 19.9. The number of hydrazine groups is 1. The number of carbonyl (C=O) groups is 5. The molecule has 1 aliphatic carbocycles. The fourth-order valence-corrected chi connectivity index (χ4v) is 5.53. The van der Waals surface area contributed by atoms with Gasteiger partial charge >= 0.3 is 29.6 Å². The number of hydrogen-bond acceptors (Lipinski definition) is 10. The molecule has 1 aliphatic rings. The maximum absolute atomic E-state index is 13.9. The van der Waals surface area contributed by atoms with E-state index >= 15 is 0 Å². The zero-order valence-electron chi connectivity index (χ0n) is 31.7. The standard InChI is InChI=1S/C35H33N3O7.C3H6O.CH3NOS.Na.H2O/c1-21(39)36-27-17-15-24-19-30(43-2)32(44-3)33(45-4)31(24)25-16-18-28(29(40)20-26(25)27)37-38(34(41)22-11-7-5-8-12-22)35(42)23-13-9-6-10-14-23;1-3(2)4;2-1(3)4;;/h5-14,16,18-20,27H,15,17H2,1-4H3,(H,36,39)(H,37,40);1-2H3;(H3,2,3,4);;1H2/q;;;+1;/t27-;;;;/m0..../s1. The van der Waals surface area contributed by atoms with E-state index in [1.54, 1.807) is 66.7 Å². The molecule has 4 amide bonds. The summed E-state index contributed by atoms with van der Waals surface area (Å²) in [6.07, 6.45) is 1.02. The first kappa shape index (κ1) is 47.8. The number of anilines is 1. The number of nitrogens with one attached hydrogen (secondary N) is 2. The van der Waals surface area contributed by atoms with Crippen molar-refractivity contribution in [2.75, 3.05) is 26.8 Å². The number of nitrogens with zero attached hydrogens (tertiary/aromatic N) is 1. The van der Waals surface area contributed by atoms with Crippen molar-refractivity contribution in [1.29, 1.82) is 0 Å². The Morgan fingerprint density at radius 2 is 1.27 bits per heavy atom. The van der Waals surface area contributed by atoms with Crippen LogP contribution in [0.5, 0.6) is 17.2 Å². The Bertz CT molecular complexity index is 1960. The zero-order chi connectivity index (χ0) is 39.2. The number of methoxy groups -OCH3 is 3. The number of benzene rings is 3. The van der Waals surface area contributed by atoms with Gasteiger partial charge in [-0.25, -0.2) is 0 Å². The van der Waals surface area contributed by atoms with Crippen LogP contribution >= 0.6 is 12.6 Å². The van der Waals surface area contributed by atoms with Gasteiger partial charge in [-0.05, 0) is 85.8 Å². The van der Waals surface area contributed by atoms with Crippen LogP contribution in [-0.2, 0) is 16.0 Å². The molecular formula is C39H44N4NaO10S+. The molecule has 0 aromatic heterocycles. The number of primary amides is 1.